The van der Waals surface area contributed by atoms with Crippen molar-refractivity contribution in [2.75, 3.05) is 13.1 Å². The Morgan fingerprint density at radius 2 is 1.50 bits per heavy atom. The van der Waals surface area contributed by atoms with Crippen LogP contribution in [-0.4, -0.2) is 39.1 Å². The molecule has 0 saturated carbocycles. The maximum Gasteiger partial charge on any atom is 0.332 e. The van der Waals surface area contributed by atoms with Crippen molar-refractivity contribution in [3.05, 3.63) is 0 Å². The first kappa shape index (κ1) is 11.0. The Hall–Kier alpha value is -1.03. The Kier molecular flexibility index (Phi) is 3.52. The lowest BCUT2D eigenvalue weighted by Crippen LogP contribution is -2.48. The van der Waals surface area contributed by atoms with Gasteiger partial charge in [0.15, 0.2) is 10.2 Å². The van der Waals surface area contributed by atoms with Crippen molar-refractivity contribution in [1.82, 2.24) is 20.7 Å². The zero-order valence-electron chi connectivity index (χ0n) is 7.19. The number of hydrogen-bond donors (Lipinski definition) is 4. The highest BCUT2D eigenvalue weighted by Crippen LogP contribution is 2.08. The van der Waals surface area contributed by atoms with E-state index in [2.05, 4.69) is 10.9 Å². The number of carbonyl (C=O) groups excluding carboxylic acids is 1. The number of thiocarbonyl (C=S) groups is 2. The third-order valence-electron chi connectivity index (χ3n) is 1.75. The second-order valence-corrected chi connectivity index (χ2v) is 3.26. The van der Waals surface area contributed by atoms with Gasteiger partial charge in [-0.2, -0.15) is 0 Å². The lowest BCUT2D eigenvalue weighted by molar-refractivity contribution is 0.220. The molecule has 78 valence electrons. The van der Waals surface area contributed by atoms with Crippen LogP contribution in [0.1, 0.15) is 0 Å². The Labute approximate surface area is 91.3 Å². The van der Waals surface area contributed by atoms with Crippen LogP contribution in [0.3, 0.4) is 0 Å². The van der Waals surface area contributed by atoms with E-state index < -0.39 is 0 Å². The maximum absolute atomic E-state index is 11.6. The van der Waals surface area contributed by atoms with Crippen molar-refractivity contribution < 1.29 is 4.79 Å². The lowest BCUT2D eigenvalue weighted by atomic mass is 10.6. The summed E-state index contributed by atoms with van der Waals surface area (Å²) in [6.45, 7) is 0.868. The van der Waals surface area contributed by atoms with E-state index in [9.17, 15) is 4.79 Å². The maximum atomic E-state index is 11.6. The Morgan fingerprint density at radius 3 is 1.79 bits per heavy atom. The molecule has 0 aromatic carbocycles. The highest BCUT2D eigenvalue weighted by molar-refractivity contribution is 7.80. The van der Waals surface area contributed by atoms with E-state index in [0.717, 1.165) is 0 Å². The smallest absolute Gasteiger partial charge is 0.300 e. The largest absolute Gasteiger partial charge is 0.332 e. The summed E-state index contributed by atoms with van der Waals surface area (Å²) in [5.41, 5.74) is 4.46. The number of nitrogens with two attached hydrogens (primary N) is 2. The minimum atomic E-state index is -0.337. The molecule has 0 atom stereocenters. The van der Waals surface area contributed by atoms with Crippen molar-refractivity contribution >= 4 is 40.7 Å². The molecule has 1 fully saturated rings. The molecule has 0 aromatic heterocycles. The number of hydrogen-bond acceptors (Lipinski definition) is 5. The number of carbonyl (C=O) groups is 1. The number of rotatable bonds is 0. The molecule has 0 aromatic rings. The summed E-state index contributed by atoms with van der Waals surface area (Å²) < 4.78 is 0. The predicted octanol–water partition coefficient (Wildman–Crippen LogP) is -1.78. The molecule has 1 heterocycles. The molecule has 9 heteroatoms. The second kappa shape index (κ2) is 4.46. The van der Waals surface area contributed by atoms with Crippen LogP contribution in [-0.2, 0) is 0 Å². The fraction of sp³-hybridized carbons (Fsp3) is 0.400. The first-order valence-electron chi connectivity index (χ1n) is 3.72. The minimum absolute atomic E-state index is 0.164. The summed E-state index contributed by atoms with van der Waals surface area (Å²) in [6, 6.07) is -0.337. The number of nitrogens with one attached hydrogen (secondary N) is 2. The van der Waals surface area contributed by atoms with Gasteiger partial charge in [-0.25, -0.2) is 16.5 Å². The summed E-state index contributed by atoms with van der Waals surface area (Å²) in [5.74, 6) is 10.2. The predicted molar refractivity (Wildman–Crippen MR) is 58.7 cm³/mol. The Bertz CT molecular complexity index is 255. The van der Waals surface area contributed by atoms with Gasteiger partial charge < -0.3 is 10.9 Å². The zero-order valence-corrected chi connectivity index (χ0v) is 8.82. The van der Waals surface area contributed by atoms with E-state index in [1.807, 2.05) is 0 Å². The molecule has 6 N–H and O–H groups in total. The van der Waals surface area contributed by atoms with Crippen molar-refractivity contribution in [3.63, 3.8) is 0 Å². The quantitative estimate of drug-likeness (QED) is 0.223. The van der Waals surface area contributed by atoms with Crippen LogP contribution >= 0.6 is 24.4 Å². The Morgan fingerprint density at radius 1 is 1.14 bits per heavy atom. The van der Waals surface area contributed by atoms with Gasteiger partial charge in [-0.3, -0.25) is 9.80 Å². The van der Waals surface area contributed by atoms with Gasteiger partial charge in [0.2, 0.25) is 0 Å². The molecule has 0 radical (unpaired) electrons. The van der Waals surface area contributed by atoms with Crippen molar-refractivity contribution in [2.45, 2.75) is 0 Å². The van der Waals surface area contributed by atoms with Crippen LogP contribution in [0.15, 0.2) is 0 Å². The molecule has 0 unspecified atom stereocenters. The first-order valence-corrected chi connectivity index (χ1v) is 4.53. The number of urea groups is 1. The molecule has 0 spiro atoms. The van der Waals surface area contributed by atoms with Crippen LogP contribution in [0.4, 0.5) is 4.79 Å². The van der Waals surface area contributed by atoms with E-state index >= 15 is 0 Å². The summed E-state index contributed by atoms with van der Waals surface area (Å²) in [7, 11) is 0. The second-order valence-electron chi connectivity index (χ2n) is 2.48. The normalized spacial score (nSPS) is 15.7. The van der Waals surface area contributed by atoms with Gasteiger partial charge in [-0.1, -0.05) is 0 Å². The van der Waals surface area contributed by atoms with Crippen LogP contribution in [0, 0.1) is 0 Å². The summed E-state index contributed by atoms with van der Waals surface area (Å²) in [4.78, 5) is 14.2. The van der Waals surface area contributed by atoms with Gasteiger partial charge in [0.05, 0.1) is 0 Å². The molecule has 1 aliphatic heterocycles. The molecule has 0 bridgehead atoms. The number of nitrogens with zero attached hydrogens (tertiary/aromatic N) is 2. The van der Waals surface area contributed by atoms with Crippen LogP contribution in [0.2, 0.25) is 0 Å². The van der Waals surface area contributed by atoms with E-state index in [-0.39, 0.29) is 16.3 Å². The van der Waals surface area contributed by atoms with E-state index in [1.54, 1.807) is 0 Å². The van der Waals surface area contributed by atoms with Crippen LogP contribution in [0.5, 0.6) is 0 Å². The summed E-state index contributed by atoms with van der Waals surface area (Å²) in [5, 5.41) is 0.328. The van der Waals surface area contributed by atoms with Gasteiger partial charge in [0.1, 0.15) is 0 Å². The summed E-state index contributed by atoms with van der Waals surface area (Å²) in [6.07, 6.45) is 0. The molecule has 1 saturated heterocycles. The molecule has 7 nitrogen and oxygen atoms in total. The number of hydrazine groups is 2. The van der Waals surface area contributed by atoms with Gasteiger partial charge >= 0.3 is 6.03 Å². The van der Waals surface area contributed by atoms with Crippen molar-refractivity contribution in [3.8, 4) is 0 Å². The third kappa shape index (κ3) is 1.90. The molecular weight excluding hydrogens is 224 g/mol. The van der Waals surface area contributed by atoms with E-state index in [4.69, 9.17) is 36.1 Å². The Balaban J connectivity index is 2.69. The lowest BCUT2D eigenvalue weighted by Gasteiger charge is -2.18. The molecule has 14 heavy (non-hydrogen) atoms. The fourth-order valence-electron chi connectivity index (χ4n) is 1.07. The molecule has 0 aliphatic carbocycles. The zero-order chi connectivity index (χ0) is 10.7. The topological polar surface area (TPSA) is 99.7 Å². The summed E-state index contributed by atoms with van der Waals surface area (Å²) >= 11 is 9.63. The van der Waals surface area contributed by atoms with E-state index in [0.29, 0.717) is 13.1 Å². The first-order chi connectivity index (χ1) is 6.61. The highest BCUT2D eigenvalue weighted by atomic mass is 32.1. The standard InChI is InChI=1S/C5H10N6OS2/c6-8-3(13)10-1-2-11(5(10)12)4(14)9-7/h1-2,6-7H2,(H,8,13)(H,9,14). The SMILES string of the molecule is NNC(=S)N1CCN(C(=S)NN)C1=O. The average Bonchev–Trinajstić information content (AvgIpc) is 2.58. The van der Waals surface area contributed by atoms with E-state index in [1.165, 1.54) is 9.80 Å². The van der Waals surface area contributed by atoms with Gasteiger partial charge in [0.25, 0.3) is 0 Å². The number of amides is 2. The fourth-order valence-corrected chi connectivity index (χ4v) is 1.41. The highest BCUT2D eigenvalue weighted by Gasteiger charge is 2.32. The molecular formula is C5H10N6OS2. The van der Waals surface area contributed by atoms with Crippen LogP contribution < -0.4 is 22.5 Å². The van der Waals surface area contributed by atoms with Gasteiger partial charge in [-0.05, 0) is 24.4 Å². The van der Waals surface area contributed by atoms with Crippen molar-refractivity contribution in [1.29, 1.82) is 0 Å². The third-order valence-corrected chi connectivity index (χ3v) is 2.42. The molecule has 1 rings (SSSR count). The molecule has 1 aliphatic rings. The average molecular weight is 234 g/mol. The monoisotopic (exact) mass is 234 g/mol. The van der Waals surface area contributed by atoms with Gasteiger partial charge in [0, 0.05) is 13.1 Å². The molecule has 2 amide bonds. The van der Waals surface area contributed by atoms with Crippen molar-refractivity contribution in [2.24, 2.45) is 11.7 Å². The van der Waals surface area contributed by atoms with Gasteiger partial charge in [-0.15, -0.1) is 0 Å². The minimum Gasteiger partial charge on any atom is -0.300 e. The van der Waals surface area contributed by atoms with Crippen LogP contribution in [0.25, 0.3) is 0 Å².